The third kappa shape index (κ3) is 4.05. The molecule has 0 N–H and O–H groups in total. The number of hydrogen-bond donors (Lipinski definition) is 0. The van der Waals surface area contributed by atoms with Crippen molar-refractivity contribution < 1.29 is 9.47 Å². The molecule has 0 unspecified atom stereocenters. The van der Waals surface area contributed by atoms with E-state index in [1.165, 1.54) is 0 Å². The molecular formula is C18H27N5O2. The molecule has 7 nitrogen and oxygen atoms in total. The number of methoxy groups -OCH3 is 1. The Balaban J connectivity index is 1.84. The van der Waals surface area contributed by atoms with Gasteiger partial charge < -0.3 is 9.47 Å². The summed E-state index contributed by atoms with van der Waals surface area (Å²) >= 11 is 0. The minimum atomic E-state index is -0.224. The number of nitrogens with zero attached hydrogens (tertiary/aromatic N) is 5. The van der Waals surface area contributed by atoms with Crippen LogP contribution in [0.25, 0.3) is 5.69 Å². The average molecular weight is 345 g/mol. The highest BCUT2D eigenvalue weighted by molar-refractivity contribution is 5.46. The maximum absolute atomic E-state index is 6.09. The van der Waals surface area contributed by atoms with Gasteiger partial charge in [0, 0.05) is 20.2 Å². The van der Waals surface area contributed by atoms with Crippen molar-refractivity contribution in [3.8, 4) is 5.69 Å². The lowest BCUT2D eigenvalue weighted by molar-refractivity contribution is -0.154. The zero-order valence-corrected chi connectivity index (χ0v) is 15.7. The van der Waals surface area contributed by atoms with E-state index in [2.05, 4.69) is 66.3 Å². The number of benzene rings is 1. The summed E-state index contributed by atoms with van der Waals surface area (Å²) in [5.41, 5.74) is 3.16. The molecule has 3 rings (SSSR count). The number of rotatable bonds is 5. The maximum Gasteiger partial charge on any atom is 0.170 e. The summed E-state index contributed by atoms with van der Waals surface area (Å²) in [6.45, 7) is 11.3. The number of tetrazole rings is 1. The molecule has 1 aromatic heterocycles. The SMILES string of the molecule is COC[C@H]1CN(Cc2nnnn2-c2c(C)cccc2C)CC(C)(C)O1. The summed E-state index contributed by atoms with van der Waals surface area (Å²) in [5.74, 6) is 0.839. The van der Waals surface area contributed by atoms with Crippen molar-refractivity contribution in [2.24, 2.45) is 0 Å². The van der Waals surface area contributed by atoms with Crippen LogP contribution in [-0.2, 0) is 16.0 Å². The number of hydrogen-bond acceptors (Lipinski definition) is 6. The molecule has 0 radical (unpaired) electrons. The molecule has 0 saturated carbocycles. The lowest BCUT2D eigenvalue weighted by Crippen LogP contribution is -2.53. The van der Waals surface area contributed by atoms with Crippen molar-refractivity contribution in [3.63, 3.8) is 0 Å². The normalized spacial score (nSPS) is 20.8. The first kappa shape index (κ1) is 18.0. The van der Waals surface area contributed by atoms with Crippen LogP contribution in [0.4, 0.5) is 0 Å². The van der Waals surface area contributed by atoms with E-state index in [0.717, 1.165) is 35.7 Å². The number of aromatic nitrogens is 4. The molecule has 0 amide bonds. The molecule has 2 aromatic rings. The van der Waals surface area contributed by atoms with Gasteiger partial charge in [0.25, 0.3) is 0 Å². The second kappa shape index (κ2) is 7.19. The van der Waals surface area contributed by atoms with Crippen LogP contribution in [0.2, 0.25) is 0 Å². The largest absolute Gasteiger partial charge is 0.382 e. The fourth-order valence-electron chi connectivity index (χ4n) is 3.63. The van der Waals surface area contributed by atoms with Crippen LogP contribution in [0, 0.1) is 13.8 Å². The lowest BCUT2D eigenvalue weighted by Gasteiger charge is -2.42. The summed E-state index contributed by atoms with van der Waals surface area (Å²) in [7, 11) is 1.71. The number of morpholine rings is 1. The summed E-state index contributed by atoms with van der Waals surface area (Å²) in [4.78, 5) is 2.34. The maximum atomic E-state index is 6.09. The van der Waals surface area contributed by atoms with Gasteiger partial charge in [0.15, 0.2) is 5.82 Å². The number of aryl methyl sites for hydroxylation is 2. The monoisotopic (exact) mass is 345 g/mol. The van der Waals surface area contributed by atoms with E-state index in [1.807, 2.05) is 4.68 Å². The average Bonchev–Trinajstić information content (AvgIpc) is 2.93. The van der Waals surface area contributed by atoms with Crippen LogP contribution in [0.5, 0.6) is 0 Å². The fraction of sp³-hybridized carbons (Fsp3) is 0.611. The van der Waals surface area contributed by atoms with E-state index >= 15 is 0 Å². The van der Waals surface area contributed by atoms with Gasteiger partial charge in [-0.05, 0) is 49.2 Å². The standard InChI is InChI=1S/C18H27N5O2/c1-13-7-6-8-14(2)17(13)23-16(19-20-21-23)10-22-9-15(11-24-5)25-18(3,4)12-22/h6-8,15H,9-12H2,1-5H3/t15-/m1/s1. The van der Waals surface area contributed by atoms with Gasteiger partial charge >= 0.3 is 0 Å². The van der Waals surface area contributed by atoms with Crippen LogP contribution < -0.4 is 0 Å². The molecular weight excluding hydrogens is 318 g/mol. The Morgan fingerprint density at radius 2 is 2.00 bits per heavy atom. The van der Waals surface area contributed by atoms with Crippen LogP contribution in [-0.4, -0.2) is 63.6 Å². The Bertz CT molecular complexity index is 708. The zero-order chi connectivity index (χ0) is 18.0. The molecule has 1 saturated heterocycles. The Labute approximate surface area is 148 Å². The minimum Gasteiger partial charge on any atom is -0.382 e. The molecule has 136 valence electrons. The Hall–Kier alpha value is -1.83. The van der Waals surface area contributed by atoms with Gasteiger partial charge in [-0.15, -0.1) is 5.10 Å². The molecule has 1 aliphatic rings. The predicted molar refractivity (Wildman–Crippen MR) is 94.7 cm³/mol. The second-order valence-electron chi connectivity index (χ2n) is 7.37. The third-order valence-electron chi connectivity index (χ3n) is 4.45. The van der Waals surface area contributed by atoms with Crippen LogP contribution in [0.15, 0.2) is 18.2 Å². The molecule has 1 aromatic carbocycles. The molecule has 0 spiro atoms. The van der Waals surface area contributed by atoms with Gasteiger partial charge in [-0.2, -0.15) is 4.68 Å². The van der Waals surface area contributed by atoms with Crippen molar-refractivity contribution in [2.45, 2.75) is 45.9 Å². The van der Waals surface area contributed by atoms with Crippen molar-refractivity contribution in [3.05, 3.63) is 35.2 Å². The van der Waals surface area contributed by atoms with Crippen LogP contribution in [0.3, 0.4) is 0 Å². The van der Waals surface area contributed by atoms with E-state index < -0.39 is 0 Å². The van der Waals surface area contributed by atoms with Crippen molar-refractivity contribution in [1.29, 1.82) is 0 Å². The first-order chi connectivity index (χ1) is 11.9. The van der Waals surface area contributed by atoms with E-state index in [0.29, 0.717) is 13.2 Å². The highest BCUT2D eigenvalue weighted by Crippen LogP contribution is 2.24. The number of ether oxygens (including phenoxy) is 2. The van der Waals surface area contributed by atoms with Gasteiger partial charge in [-0.1, -0.05) is 18.2 Å². The number of para-hydroxylation sites is 1. The Morgan fingerprint density at radius 3 is 2.68 bits per heavy atom. The Morgan fingerprint density at radius 1 is 1.28 bits per heavy atom. The van der Waals surface area contributed by atoms with Crippen LogP contribution >= 0.6 is 0 Å². The predicted octanol–water partition coefficient (Wildman–Crippen LogP) is 1.90. The molecule has 7 heteroatoms. The Kier molecular flexibility index (Phi) is 5.17. The van der Waals surface area contributed by atoms with E-state index in [4.69, 9.17) is 9.47 Å². The van der Waals surface area contributed by atoms with E-state index in [-0.39, 0.29) is 11.7 Å². The van der Waals surface area contributed by atoms with E-state index in [9.17, 15) is 0 Å². The topological polar surface area (TPSA) is 65.3 Å². The highest BCUT2D eigenvalue weighted by atomic mass is 16.5. The fourth-order valence-corrected chi connectivity index (χ4v) is 3.63. The molecule has 1 atom stereocenters. The first-order valence-corrected chi connectivity index (χ1v) is 8.62. The van der Waals surface area contributed by atoms with Gasteiger partial charge in [0.2, 0.25) is 0 Å². The summed E-state index contributed by atoms with van der Waals surface area (Å²) in [5, 5.41) is 12.4. The first-order valence-electron chi connectivity index (χ1n) is 8.62. The molecule has 0 bridgehead atoms. The quantitative estimate of drug-likeness (QED) is 0.825. The lowest BCUT2D eigenvalue weighted by atomic mass is 10.1. The second-order valence-corrected chi connectivity index (χ2v) is 7.37. The van der Waals surface area contributed by atoms with Gasteiger partial charge in [-0.25, -0.2) is 0 Å². The molecule has 25 heavy (non-hydrogen) atoms. The van der Waals surface area contributed by atoms with Crippen molar-refractivity contribution in [1.82, 2.24) is 25.1 Å². The van der Waals surface area contributed by atoms with Crippen molar-refractivity contribution >= 4 is 0 Å². The zero-order valence-electron chi connectivity index (χ0n) is 15.7. The van der Waals surface area contributed by atoms with Crippen LogP contribution in [0.1, 0.15) is 30.8 Å². The van der Waals surface area contributed by atoms with Gasteiger partial charge in [0.05, 0.1) is 30.5 Å². The molecule has 1 aliphatic heterocycles. The summed E-state index contributed by atoms with van der Waals surface area (Å²) in [6, 6.07) is 6.22. The van der Waals surface area contributed by atoms with E-state index in [1.54, 1.807) is 7.11 Å². The molecule has 1 fully saturated rings. The smallest absolute Gasteiger partial charge is 0.170 e. The highest BCUT2D eigenvalue weighted by Gasteiger charge is 2.34. The van der Waals surface area contributed by atoms with Gasteiger partial charge in [0.1, 0.15) is 0 Å². The summed E-state index contributed by atoms with van der Waals surface area (Å²) < 4.78 is 13.2. The summed E-state index contributed by atoms with van der Waals surface area (Å²) in [6.07, 6.45) is 0.0540. The molecule has 2 heterocycles. The van der Waals surface area contributed by atoms with Crippen molar-refractivity contribution in [2.75, 3.05) is 26.8 Å². The third-order valence-corrected chi connectivity index (χ3v) is 4.45. The molecule has 0 aliphatic carbocycles. The van der Waals surface area contributed by atoms with Gasteiger partial charge in [-0.3, -0.25) is 4.90 Å². The minimum absolute atomic E-state index is 0.0540.